The van der Waals surface area contributed by atoms with Gasteiger partial charge in [0.25, 0.3) is 5.91 Å². The second-order valence-corrected chi connectivity index (χ2v) is 4.64. The SMILES string of the molecule is COc1ccc(C(=O)NCCCC(C)CO)c(N)c1. The number of aliphatic hydroxyl groups is 1. The van der Waals surface area contributed by atoms with Gasteiger partial charge in [-0.05, 0) is 30.9 Å². The smallest absolute Gasteiger partial charge is 0.253 e. The van der Waals surface area contributed by atoms with Crippen molar-refractivity contribution in [2.24, 2.45) is 5.92 Å². The summed E-state index contributed by atoms with van der Waals surface area (Å²) in [5, 5.41) is 11.7. The maximum Gasteiger partial charge on any atom is 0.253 e. The largest absolute Gasteiger partial charge is 0.497 e. The first-order chi connectivity index (χ1) is 9.08. The number of nitrogen functional groups attached to an aromatic ring is 1. The monoisotopic (exact) mass is 266 g/mol. The van der Waals surface area contributed by atoms with Crippen LogP contribution in [0.3, 0.4) is 0 Å². The lowest BCUT2D eigenvalue weighted by atomic mass is 10.1. The summed E-state index contributed by atoms with van der Waals surface area (Å²) in [7, 11) is 1.55. The van der Waals surface area contributed by atoms with Crippen molar-refractivity contribution in [3.05, 3.63) is 23.8 Å². The minimum Gasteiger partial charge on any atom is -0.497 e. The third kappa shape index (κ3) is 4.79. The molecule has 1 aromatic rings. The first kappa shape index (κ1) is 15.3. The van der Waals surface area contributed by atoms with Gasteiger partial charge in [0.15, 0.2) is 0 Å². The van der Waals surface area contributed by atoms with Gasteiger partial charge in [0.05, 0.1) is 12.7 Å². The molecule has 5 heteroatoms. The third-order valence-electron chi connectivity index (χ3n) is 2.97. The predicted octanol–water partition coefficient (Wildman–Crippen LogP) is 1.42. The summed E-state index contributed by atoms with van der Waals surface area (Å²) < 4.78 is 5.03. The fourth-order valence-electron chi connectivity index (χ4n) is 1.71. The number of amides is 1. The lowest BCUT2D eigenvalue weighted by molar-refractivity contribution is 0.0953. The number of anilines is 1. The van der Waals surface area contributed by atoms with Gasteiger partial charge in [-0.15, -0.1) is 0 Å². The molecule has 4 N–H and O–H groups in total. The van der Waals surface area contributed by atoms with Crippen LogP contribution in [0.4, 0.5) is 5.69 Å². The van der Waals surface area contributed by atoms with E-state index in [4.69, 9.17) is 15.6 Å². The highest BCUT2D eigenvalue weighted by Gasteiger charge is 2.10. The van der Waals surface area contributed by atoms with Crippen molar-refractivity contribution < 1.29 is 14.6 Å². The van der Waals surface area contributed by atoms with Crippen molar-refractivity contribution in [2.45, 2.75) is 19.8 Å². The highest BCUT2D eigenvalue weighted by Crippen LogP contribution is 2.19. The molecule has 0 saturated heterocycles. The van der Waals surface area contributed by atoms with Crippen LogP contribution in [-0.4, -0.2) is 31.3 Å². The van der Waals surface area contributed by atoms with E-state index in [0.29, 0.717) is 23.5 Å². The molecule has 1 amide bonds. The van der Waals surface area contributed by atoms with Gasteiger partial charge in [0.2, 0.25) is 0 Å². The van der Waals surface area contributed by atoms with Crippen LogP contribution in [0.2, 0.25) is 0 Å². The average molecular weight is 266 g/mol. The zero-order valence-corrected chi connectivity index (χ0v) is 11.5. The molecule has 5 nitrogen and oxygen atoms in total. The van der Waals surface area contributed by atoms with Crippen LogP contribution < -0.4 is 15.8 Å². The number of benzene rings is 1. The molecule has 0 saturated carbocycles. The molecule has 1 aromatic carbocycles. The number of carbonyl (C=O) groups is 1. The number of hydrogen-bond acceptors (Lipinski definition) is 4. The molecule has 0 radical (unpaired) electrons. The summed E-state index contributed by atoms with van der Waals surface area (Å²) in [4.78, 5) is 11.9. The van der Waals surface area contributed by atoms with Crippen LogP contribution in [0.1, 0.15) is 30.1 Å². The Balaban J connectivity index is 2.45. The molecule has 0 fully saturated rings. The number of nitrogens with two attached hydrogens (primary N) is 1. The van der Waals surface area contributed by atoms with Crippen LogP contribution in [0.25, 0.3) is 0 Å². The molecule has 1 rings (SSSR count). The summed E-state index contributed by atoms with van der Waals surface area (Å²) >= 11 is 0. The van der Waals surface area contributed by atoms with E-state index in [9.17, 15) is 4.79 Å². The molecule has 0 heterocycles. The maximum absolute atomic E-state index is 11.9. The van der Waals surface area contributed by atoms with Crippen LogP contribution in [0.15, 0.2) is 18.2 Å². The molecule has 0 spiro atoms. The van der Waals surface area contributed by atoms with E-state index >= 15 is 0 Å². The second-order valence-electron chi connectivity index (χ2n) is 4.64. The van der Waals surface area contributed by atoms with E-state index in [2.05, 4.69) is 5.32 Å². The van der Waals surface area contributed by atoms with Gasteiger partial charge in [-0.3, -0.25) is 4.79 Å². The molecule has 106 valence electrons. The number of carbonyl (C=O) groups excluding carboxylic acids is 1. The minimum atomic E-state index is -0.184. The van der Waals surface area contributed by atoms with E-state index in [1.807, 2.05) is 6.92 Å². The molecule has 0 aliphatic heterocycles. The van der Waals surface area contributed by atoms with E-state index in [0.717, 1.165) is 12.8 Å². The summed E-state index contributed by atoms with van der Waals surface area (Å²) in [6, 6.07) is 4.99. The molecule has 0 aliphatic carbocycles. The summed E-state index contributed by atoms with van der Waals surface area (Å²) in [6.45, 7) is 2.73. The summed E-state index contributed by atoms with van der Waals surface area (Å²) in [6.07, 6.45) is 1.72. The molecule has 1 unspecified atom stereocenters. The Hall–Kier alpha value is -1.75. The van der Waals surface area contributed by atoms with E-state index in [-0.39, 0.29) is 18.4 Å². The second kappa shape index (κ2) is 7.63. The van der Waals surface area contributed by atoms with E-state index < -0.39 is 0 Å². The van der Waals surface area contributed by atoms with Gasteiger partial charge in [-0.25, -0.2) is 0 Å². The van der Waals surface area contributed by atoms with Crippen molar-refractivity contribution in [3.63, 3.8) is 0 Å². The lowest BCUT2D eigenvalue weighted by Crippen LogP contribution is -2.25. The number of rotatable bonds is 7. The number of ether oxygens (including phenoxy) is 1. The molecule has 0 aromatic heterocycles. The summed E-state index contributed by atoms with van der Waals surface area (Å²) in [5.74, 6) is 0.714. The number of methoxy groups -OCH3 is 1. The number of hydrogen-bond donors (Lipinski definition) is 3. The lowest BCUT2D eigenvalue weighted by Gasteiger charge is -2.10. The van der Waals surface area contributed by atoms with Crippen molar-refractivity contribution in [1.82, 2.24) is 5.32 Å². The Morgan fingerprint density at radius 2 is 2.26 bits per heavy atom. The molecule has 0 bridgehead atoms. The van der Waals surface area contributed by atoms with Crippen molar-refractivity contribution in [3.8, 4) is 5.75 Å². The minimum absolute atomic E-state index is 0.180. The Morgan fingerprint density at radius 3 is 2.84 bits per heavy atom. The van der Waals surface area contributed by atoms with Gasteiger partial charge < -0.3 is 20.9 Å². The van der Waals surface area contributed by atoms with E-state index in [1.165, 1.54) is 0 Å². The number of aliphatic hydroxyl groups excluding tert-OH is 1. The van der Waals surface area contributed by atoms with Gasteiger partial charge in [-0.2, -0.15) is 0 Å². The van der Waals surface area contributed by atoms with Crippen LogP contribution in [0.5, 0.6) is 5.75 Å². The molecule has 1 atom stereocenters. The van der Waals surface area contributed by atoms with Crippen molar-refractivity contribution in [1.29, 1.82) is 0 Å². The van der Waals surface area contributed by atoms with Crippen LogP contribution >= 0.6 is 0 Å². The average Bonchev–Trinajstić information content (AvgIpc) is 2.42. The predicted molar refractivity (Wildman–Crippen MR) is 75.2 cm³/mol. The molecule has 0 aliphatic rings. The maximum atomic E-state index is 11.9. The van der Waals surface area contributed by atoms with E-state index in [1.54, 1.807) is 25.3 Å². The van der Waals surface area contributed by atoms with Gasteiger partial charge >= 0.3 is 0 Å². The normalized spacial score (nSPS) is 11.9. The molecule has 19 heavy (non-hydrogen) atoms. The van der Waals surface area contributed by atoms with Gasteiger partial charge in [-0.1, -0.05) is 6.92 Å². The fraction of sp³-hybridized carbons (Fsp3) is 0.500. The Bertz CT molecular complexity index is 421. The third-order valence-corrected chi connectivity index (χ3v) is 2.97. The quantitative estimate of drug-likeness (QED) is 0.514. The first-order valence-electron chi connectivity index (χ1n) is 6.41. The highest BCUT2D eigenvalue weighted by molar-refractivity contribution is 5.99. The van der Waals surface area contributed by atoms with Crippen LogP contribution in [-0.2, 0) is 0 Å². The Kier molecular flexibility index (Phi) is 6.15. The van der Waals surface area contributed by atoms with Crippen molar-refractivity contribution in [2.75, 3.05) is 26.0 Å². The Morgan fingerprint density at radius 1 is 1.53 bits per heavy atom. The van der Waals surface area contributed by atoms with Crippen molar-refractivity contribution >= 4 is 11.6 Å². The molecular weight excluding hydrogens is 244 g/mol. The fourth-order valence-corrected chi connectivity index (χ4v) is 1.71. The van der Waals surface area contributed by atoms with Gasteiger partial charge in [0, 0.05) is 24.9 Å². The first-order valence-corrected chi connectivity index (χ1v) is 6.41. The topological polar surface area (TPSA) is 84.6 Å². The zero-order chi connectivity index (χ0) is 14.3. The van der Waals surface area contributed by atoms with Gasteiger partial charge in [0.1, 0.15) is 5.75 Å². The zero-order valence-electron chi connectivity index (χ0n) is 11.5. The number of nitrogens with one attached hydrogen (secondary N) is 1. The van der Waals surface area contributed by atoms with Crippen LogP contribution in [0, 0.1) is 5.92 Å². The molecular formula is C14H22N2O3. The Labute approximate surface area is 113 Å². The highest BCUT2D eigenvalue weighted by atomic mass is 16.5. The summed E-state index contributed by atoms with van der Waals surface area (Å²) in [5.41, 5.74) is 6.66. The standard InChI is InChI=1S/C14H22N2O3/c1-10(9-17)4-3-7-16-14(18)12-6-5-11(19-2)8-13(12)15/h5-6,8,10,17H,3-4,7,9,15H2,1-2H3,(H,16,18).